The first-order chi connectivity index (χ1) is 9.22. The van der Waals surface area contributed by atoms with Crippen LogP contribution in [0.2, 0.25) is 0 Å². The Morgan fingerprint density at radius 3 is 2.21 bits per heavy atom. The second-order valence-electron chi connectivity index (χ2n) is 4.17. The molecular formula is C15H11IN2S. The summed E-state index contributed by atoms with van der Waals surface area (Å²) >= 11 is 3.96. The number of nitrogens with zero attached hydrogens (tertiary/aromatic N) is 1. The van der Waals surface area contributed by atoms with Gasteiger partial charge in [-0.1, -0.05) is 12.1 Å². The minimum Gasteiger partial charge on any atom is -0.399 e. The van der Waals surface area contributed by atoms with Gasteiger partial charge >= 0.3 is 0 Å². The maximum absolute atomic E-state index is 5.70. The van der Waals surface area contributed by atoms with Crippen LogP contribution in [0, 0.1) is 3.57 Å². The van der Waals surface area contributed by atoms with Gasteiger partial charge in [-0.25, -0.2) is 4.98 Å². The third kappa shape index (κ3) is 2.79. The van der Waals surface area contributed by atoms with Gasteiger partial charge in [-0.3, -0.25) is 0 Å². The lowest BCUT2D eigenvalue weighted by molar-refractivity contribution is 1.40. The fourth-order valence-corrected chi connectivity index (χ4v) is 2.98. The van der Waals surface area contributed by atoms with Crippen molar-refractivity contribution in [2.75, 3.05) is 5.73 Å². The molecule has 1 heterocycles. The summed E-state index contributed by atoms with van der Waals surface area (Å²) < 4.78 is 1.23. The molecule has 0 bridgehead atoms. The summed E-state index contributed by atoms with van der Waals surface area (Å²) in [6.45, 7) is 0. The molecule has 19 heavy (non-hydrogen) atoms. The summed E-state index contributed by atoms with van der Waals surface area (Å²) in [4.78, 5) is 4.69. The molecule has 3 rings (SSSR count). The molecule has 0 saturated heterocycles. The predicted molar refractivity (Wildman–Crippen MR) is 90.1 cm³/mol. The van der Waals surface area contributed by atoms with Crippen LogP contribution in [0.3, 0.4) is 0 Å². The molecule has 2 N–H and O–H groups in total. The van der Waals surface area contributed by atoms with E-state index in [1.54, 1.807) is 11.3 Å². The molecule has 2 nitrogen and oxygen atoms in total. The molecule has 0 aliphatic carbocycles. The second kappa shape index (κ2) is 5.30. The molecule has 4 heteroatoms. The highest BCUT2D eigenvalue weighted by atomic mass is 127. The van der Waals surface area contributed by atoms with Crippen molar-refractivity contribution in [1.82, 2.24) is 4.98 Å². The van der Waals surface area contributed by atoms with Gasteiger partial charge in [0.05, 0.1) is 5.69 Å². The fourth-order valence-electron chi connectivity index (χ4n) is 1.79. The van der Waals surface area contributed by atoms with Crippen molar-refractivity contribution in [3.05, 3.63) is 57.5 Å². The van der Waals surface area contributed by atoms with E-state index in [4.69, 9.17) is 5.73 Å². The first-order valence-corrected chi connectivity index (χ1v) is 7.75. The van der Waals surface area contributed by atoms with E-state index in [1.165, 1.54) is 3.57 Å². The van der Waals surface area contributed by atoms with E-state index in [-0.39, 0.29) is 0 Å². The zero-order valence-corrected chi connectivity index (χ0v) is 13.0. The van der Waals surface area contributed by atoms with Crippen molar-refractivity contribution in [2.45, 2.75) is 0 Å². The average molecular weight is 378 g/mol. The number of benzene rings is 2. The first kappa shape index (κ1) is 12.6. The normalized spacial score (nSPS) is 10.6. The molecule has 0 amide bonds. The highest BCUT2D eigenvalue weighted by molar-refractivity contribution is 14.1. The zero-order chi connectivity index (χ0) is 13.2. The molecule has 0 spiro atoms. The van der Waals surface area contributed by atoms with E-state index in [9.17, 15) is 0 Å². The molecule has 1 aromatic heterocycles. The van der Waals surface area contributed by atoms with Gasteiger partial charge in [0.1, 0.15) is 5.01 Å². The van der Waals surface area contributed by atoms with Gasteiger partial charge in [0.25, 0.3) is 0 Å². The molecule has 2 aromatic carbocycles. The summed E-state index contributed by atoms with van der Waals surface area (Å²) in [7, 11) is 0. The Kier molecular flexibility index (Phi) is 3.52. The van der Waals surface area contributed by atoms with Crippen molar-refractivity contribution in [3.63, 3.8) is 0 Å². The SMILES string of the molecule is Nc1ccc(-c2nc(-c3ccc(I)cc3)cs2)cc1. The fraction of sp³-hybridized carbons (Fsp3) is 0. The number of nitrogen functional groups attached to an aromatic ring is 1. The average Bonchev–Trinajstić information content (AvgIpc) is 2.90. The van der Waals surface area contributed by atoms with Gasteiger partial charge < -0.3 is 5.73 Å². The van der Waals surface area contributed by atoms with Crippen LogP contribution >= 0.6 is 33.9 Å². The molecule has 94 valence electrons. The highest BCUT2D eigenvalue weighted by Crippen LogP contribution is 2.29. The van der Waals surface area contributed by atoms with Crippen LogP contribution in [0.4, 0.5) is 5.69 Å². The number of thiazole rings is 1. The topological polar surface area (TPSA) is 38.9 Å². The number of hydrogen-bond acceptors (Lipinski definition) is 3. The van der Waals surface area contributed by atoms with Crippen molar-refractivity contribution in [1.29, 1.82) is 0 Å². The largest absolute Gasteiger partial charge is 0.399 e. The Morgan fingerprint density at radius 2 is 1.53 bits per heavy atom. The van der Waals surface area contributed by atoms with Gasteiger partial charge in [0.2, 0.25) is 0 Å². The lowest BCUT2D eigenvalue weighted by atomic mass is 10.2. The molecule has 0 aliphatic rings. The minimum absolute atomic E-state index is 0.776. The van der Waals surface area contributed by atoms with Crippen LogP contribution in [0.1, 0.15) is 0 Å². The number of aromatic nitrogens is 1. The molecule has 0 fully saturated rings. The van der Waals surface area contributed by atoms with Crippen LogP contribution < -0.4 is 5.73 Å². The lowest BCUT2D eigenvalue weighted by Gasteiger charge is -1.98. The van der Waals surface area contributed by atoms with Crippen LogP contribution in [0.5, 0.6) is 0 Å². The number of halogens is 1. The Hall–Kier alpha value is -1.40. The first-order valence-electron chi connectivity index (χ1n) is 5.80. The number of anilines is 1. The van der Waals surface area contributed by atoms with Crippen molar-refractivity contribution < 1.29 is 0 Å². The minimum atomic E-state index is 0.776. The molecule has 0 atom stereocenters. The van der Waals surface area contributed by atoms with Crippen LogP contribution in [0.25, 0.3) is 21.8 Å². The Balaban J connectivity index is 1.95. The highest BCUT2D eigenvalue weighted by Gasteiger charge is 2.06. The number of rotatable bonds is 2. The predicted octanol–water partition coefficient (Wildman–Crippen LogP) is 4.66. The van der Waals surface area contributed by atoms with E-state index in [0.717, 1.165) is 27.5 Å². The maximum atomic E-state index is 5.70. The van der Waals surface area contributed by atoms with E-state index in [0.29, 0.717) is 0 Å². The Bertz CT molecular complexity index is 627. The zero-order valence-electron chi connectivity index (χ0n) is 10.0. The monoisotopic (exact) mass is 378 g/mol. The van der Waals surface area contributed by atoms with Gasteiger partial charge in [-0.05, 0) is 59.0 Å². The van der Waals surface area contributed by atoms with Gasteiger partial charge in [0.15, 0.2) is 0 Å². The van der Waals surface area contributed by atoms with Crippen LogP contribution in [-0.4, -0.2) is 4.98 Å². The quantitative estimate of drug-likeness (QED) is 0.520. The van der Waals surface area contributed by atoms with Crippen molar-refractivity contribution in [3.8, 4) is 21.8 Å². The van der Waals surface area contributed by atoms with Crippen molar-refractivity contribution >= 4 is 39.6 Å². The molecule has 0 radical (unpaired) electrons. The van der Waals surface area contributed by atoms with Crippen molar-refractivity contribution in [2.24, 2.45) is 0 Å². The molecule has 3 aromatic rings. The third-order valence-electron chi connectivity index (χ3n) is 2.80. The standard InChI is InChI=1S/C15H11IN2S/c16-12-5-1-10(2-6-12)14-9-19-15(18-14)11-3-7-13(17)8-4-11/h1-9H,17H2. The smallest absolute Gasteiger partial charge is 0.124 e. The summed E-state index contributed by atoms with van der Waals surface area (Å²) in [6, 6.07) is 16.2. The number of hydrogen-bond donors (Lipinski definition) is 1. The molecular weight excluding hydrogens is 367 g/mol. The number of nitrogens with two attached hydrogens (primary N) is 1. The Morgan fingerprint density at radius 1 is 0.895 bits per heavy atom. The summed E-state index contributed by atoms with van der Waals surface area (Å²) in [5.41, 5.74) is 9.75. The summed E-state index contributed by atoms with van der Waals surface area (Å²) in [5.74, 6) is 0. The molecule has 0 unspecified atom stereocenters. The van der Waals surface area contributed by atoms with E-state index in [1.807, 2.05) is 24.3 Å². The van der Waals surface area contributed by atoms with Crippen LogP contribution in [-0.2, 0) is 0 Å². The maximum Gasteiger partial charge on any atom is 0.124 e. The third-order valence-corrected chi connectivity index (χ3v) is 4.41. The van der Waals surface area contributed by atoms with E-state index >= 15 is 0 Å². The van der Waals surface area contributed by atoms with E-state index in [2.05, 4.69) is 57.2 Å². The second-order valence-corrected chi connectivity index (χ2v) is 6.27. The molecule has 0 aliphatic heterocycles. The van der Waals surface area contributed by atoms with Gasteiger partial charge in [-0.15, -0.1) is 11.3 Å². The summed E-state index contributed by atoms with van der Waals surface area (Å²) in [5, 5.41) is 3.11. The summed E-state index contributed by atoms with van der Waals surface area (Å²) in [6.07, 6.45) is 0. The van der Waals surface area contributed by atoms with Gasteiger partial charge in [-0.2, -0.15) is 0 Å². The van der Waals surface area contributed by atoms with Gasteiger partial charge in [0, 0.05) is 25.8 Å². The van der Waals surface area contributed by atoms with E-state index < -0.39 is 0 Å². The Labute approximate surface area is 129 Å². The lowest BCUT2D eigenvalue weighted by Crippen LogP contribution is -1.84. The molecule has 0 saturated carbocycles. The van der Waals surface area contributed by atoms with Crippen LogP contribution in [0.15, 0.2) is 53.9 Å².